The number of hydrogen-bond donors (Lipinski definition) is 2. The number of hydrazine groups is 2. The first-order chi connectivity index (χ1) is 10.0. The second-order valence-electron chi connectivity index (χ2n) is 5.03. The van der Waals surface area contributed by atoms with Gasteiger partial charge in [0.2, 0.25) is 0 Å². The zero-order valence-corrected chi connectivity index (χ0v) is 12.5. The minimum atomic E-state index is -0.248. The molecule has 5 heteroatoms. The summed E-state index contributed by atoms with van der Waals surface area (Å²) in [5.41, 5.74) is 8.80. The van der Waals surface area contributed by atoms with Gasteiger partial charge in [-0.2, -0.15) is 5.53 Å². The van der Waals surface area contributed by atoms with E-state index in [9.17, 15) is 4.39 Å². The maximum absolute atomic E-state index is 13.1. The molecule has 0 saturated carbocycles. The van der Waals surface area contributed by atoms with Crippen molar-refractivity contribution in [3.63, 3.8) is 0 Å². The highest BCUT2D eigenvalue weighted by Gasteiger charge is 2.03. The molecule has 112 valence electrons. The second kappa shape index (κ2) is 7.06. The molecule has 21 heavy (non-hydrogen) atoms. The van der Waals surface area contributed by atoms with E-state index < -0.39 is 0 Å². The van der Waals surface area contributed by atoms with Crippen LogP contribution in [0.25, 0.3) is 0 Å². The Balaban J connectivity index is 1.97. The van der Waals surface area contributed by atoms with Crippen molar-refractivity contribution in [2.75, 3.05) is 19.5 Å². The van der Waals surface area contributed by atoms with Crippen LogP contribution in [0.5, 0.6) is 5.75 Å². The van der Waals surface area contributed by atoms with E-state index in [1.165, 1.54) is 12.1 Å². The maximum atomic E-state index is 13.1. The Morgan fingerprint density at radius 2 is 1.95 bits per heavy atom. The summed E-state index contributed by atoms with van der Waals surface area (Å²) in [6, 6.07) is 12.2. The second-order valence-corrected chi connectivity index (χ2v) is 5.03. The molecule has 2 aromatic carbocycles. The fraction of sp³-hybridized carbons (Fsp3) is 0.250. The van der Waals surface area contributed by atoms with Crippen molar-refractivity contribution >= 4 is 5.69 Å². The van der Waals surface area contributed by atoms with Crippen molar-refractivity contribution in [1.82, 2.24) is 10.5 Å². The number of hydrogen-bond acceptors (Lipinski definition) is 4. The van der Waals surface area contributed by atoms with Gasteiger partial charge in [0.1, 0.15) is 18.2 Å². The monoisotopic (exact) mass is 289 g/mol. The number of nitrogens with zero attached hydrogens (tertiary/aromatic N) is 1. The summed E-state index contributed by atoms with van der Waals surface area (Å²) in [4.78, 5) is 0. The molecule has 0 aliphatic heterocycles. The van der Waals surface area contributed by atoms with Gasteiger partial charge in [0, 0.05) is 14.1 Å². The van der Waals surface area contributed by atoms with Gasteiger partial charge in [0.15, 0.2) is 0 Å². The third kappa shape index (κ3) is 4.73. The third-order valence-electron chi connectivity index (χ3n) is 2.88. The van der Waals surface area contributed by atoms with Crippen LogP contribution in [0.15, 0.2) is 42.5 Å². The highest BCUT2D eigenvalue weighted by molar-refractivity contribution is 5.50. The van der Waals surface area contributed by atoms with E-state index in [-0.39, 0.29) is 5.82 Å². The van der Waals surface area contributed by atoms with Crippen molar-refractivity contribution in [2.45, 2.75) is 13.5 Å². The standard InChI is InChI=1S/C16H20FN3O/c1-12-9-15(18-19-20(2)3)7-8-16(12)21-11-13-5-4-6-14(17)10-13/h4-10,18-19H,11H2,1-3H3. The molecule has 4 nitrogen and oxygen atoms in total. The summed E-state index contributed by atoms with van der Waals surface area (Å²) in [6.07, 6.45) is 0. The Kier molecular flexibility index (Phi) is 5.14. The number of aryl methyl sites for hydroxylation is 1. The fourth-order valence-corrected chi connectivity index (χ4v) is 1.85. The van der Waals surface area contributed by atoms with Gasteiger partial charge in [-0.3, -0.25) is 0 Å². The van der Waals surface area contributed by atoms with Crippen LogP contribution in [-0.4, -0.2) is 19.1 Å². The van der Waals surface area contributed by atoms with Gasteiger partial charge in [-0.05, 0) is 48.4 Å². The molecule has 0 aromatic heterocycles. The van der Waals surface area contributed by atoms with E-state index in [4.69, 9.17) is 4.74 Å². The lowest BCUT2D eigenvalue weighted by Crippen LogP contribution is -2.35. The molecule has 0 fully saturated rings. The Morgan fingerprint density at radius 1 is 1.14 bits per heavy atom. The first kappa shape index (κ1) is 15.3. The molecular formula is C16H20FN3O. The minimum absolute atomic E-state index is 0.248. The van der Waals surface area contributed by atoms with Crippen molar-refractivity contribution < 1.29 is 9.13 Å². The summed E-state index contributed by atoms with van der Waals surface area (Å²) < 4.78 is 18.8. The van der Waals surface area contributed by atoms with Crippen molar-refractivity contribution in [3.8, 4) is 5.75 Å². The molecule has 0 aliphatic rings. The smallest absolute Gasteiger partial charge is 0.123 e. The lowest BCUT2D eigenvalue weighted by molar-refractivity contribution is 0.303. The Morgan fingerprint density at radius 3 is 2.62 bits per heavy atom. The fourth-order valence-electron chi connectivity index (χ4n) is 1.85. The zero-order chi connectivity index (χ0) is 15.2. The van der Waals surface area contributed by atoms with E-state index in [1.807, 2.05) is 50.3 Å². The molecule has 0 bridgehead atoms. The van der Waals surface area contributed by atoms with E-state index in [2.05, 4.69) is 11.0 Å². The molecule has 0 amide bonds. The van der Waals surface area contributed by atoms with Gasteiger partial charge in [0.25, 0.3) is 0 Å². The summed E-state index contributed by atoms with van der Waals surface area (Å²) in [5.74, 6) is 0.539. The summed E-state index contributed by atoms with van der Waals surface area (Å²) in [6.45, 7) is 2.32. The molecular weight excluding hydrogens is 269 g/mol. The van der Waals surface area contributed by atoms with Crippen LogP contribution in [0, 0.1) is 12.7 Å². The largest absolute Gasteiger partial charge is 0.489 e. The van der Waals surface area contributed by atoms with Gasteiger partial charge < -0.3 is 10.2 Å². The van der Waals surface area contributed by atoms with Gasteiger partial charge in [-0.25, -0.2) is 9.40 Å². The van der Waals surface area contributed by atoms with E-state index in [1.54, 1.807) is 6.07 Å². The number of ether oxygens (including phenoxy) is 1. The van der Waals surface area contributed by atoms with Crippen LogP contribution < -0.4 is 15.7 Å². The van der Waals surface area contributed by atoms with Gasteiger partial charge >= 0.3 is 0 Å². The maximum Gasteiger partial charge on any atom is 0.123 e. The first-order valence-electron chi connectivity index (χ1n) is 6.71. The molecule has 0 heterocycles. The number of rotatable bonds is 6. The topological polar surface area (TPSA) is 36.5 Å². The van der Waals surface area contributed by atoms with E-state index in [0.717, 1.165) is 22.6 Å². The lowest BCUT2D eigenvalue weighted by atomic mass is 10.2. The van der Waals surface area contributed by atoms with Crippen LogP contribution in [0.2, 0.25) is 0 Å². The molecule has 0 aliphatic carbocycles. The van der Waals surface area contributed by atoms with Crippen molar-refractivity contribution in [1.29, 1.82) is 0 Å². The van der Waals surface area contributed by atoms with Gasteiger partial charge in [-0.15, -0.1) is 0 Å². The Labute approximate surface area is 124 Å². The highest BCUT2D eigenvalue weighted by Crippen LogP contribution is 2.22. The quantitative estimate of drug-likeness (QED) is 0.801. The minimum Gasteiger partial charge on any atom is -0.489 e. The molecule has 0 atom stereocenters. The molecule has 0 spiro atoms. The molecule has 2 aromatic rings. The van der Waals surface area contributed by atoms with Crippen LogP contribution in [0.1, 0.15) is 11.1 Å². The van der Waals surface area contributed by atoms with Crippen molar-refractivity contribution in [3.05, 3.63) is 59.4 Å². The third-order valence-corrected chi connectivity index (χ3v) is 2.88. The van der Waals surface area contributed by atoms with Crippen LogP contribution in [0.3, 0.4) is 0 Å². The molecule has 0 saturated heterocycles. The van der Waals surface area contributed by atoms with Crippen LogP contribution in [0.4, 0.5) is 10.1 Å². The average Bonchev–Trinajstić information content (AvgIpc) is 2.44. The number of halogens is 1. The molecule has 2 N–H and O–H groups in total. The number of anilines is 1. The van der Waals surface area contributed by atoms with Crippen LogP contribution in [-0.2, 0) is 6.61 Å². The zero-order valence-electron chi connectivity index (χ0n) is 12.5. The first-order valence-corrected chi connectivity index (χ1v) is 6.71. The summed E-state index contributed by atoms with van der Waals surface area (Å²) >= 11 is 0. The normalized spacial score (nSPS) is 10.7. The SMILES string of the molecule is Cc1cc(NNN(C)C)ccc1OCc1cccc(F)c1. The van der Waals surface area contributed by atoms with Crippen LogP contribution >= 0.6 is 0 Å². The summed E-state index contributed by atoms with van der Waals surface area (Å²) in [5, 5.41) is 1.81. The predicted octanol–water partition coefficient (Wildman–Crippen LogP) is 3.11. The van der Waals surface area contributed by atoms with Gasteiger partial charge in [0.05, 0.1) is 5.69 Å². The molecule has 0 radical (unpaired) electrons. The highest BCUT2D eigenvalue weighted by atomic mass is 19.1. The Hall–Kier alpha value is -2.11. The average molecular weight is 289 g/mol. The molecule has 2 rings (SSSR count). The Bertz CT molecular complexity index is 602. The lowest BCUT2D eigenvalue weighted by Gasteiger charge is -2.16. The predicted molar refractivity (Wildman–Crippen MR) is 82.4 cm³/mol. The van der Waals surface area contributed by atoms with Gasteiger partial charge in [-0.1, -0.05) is 12.1 Å². The van der Waals surface area contributed by atoms with E-state index in [0.29, 0.717) is 6.61 Å². The van der Waals surface area contributed by atoms with Crippen molar-refractivity contribution in [2.24, 2.45) is 0 Å². The molecule has 0 unspecified atom stereocenters. The number of benzene rings is 2. The van der Waals surface area contributed by atoms with E-state index >= 15 is 0 Å². The summed E-state index contributed by atoms with van der Waals surface area (Å²) in [7, 11) is 3.80. The number of nitrogens with one attached hydrogen (secondary N) is 2.